The van der Waals surface area contributed by atoms with Crippen molar-refractivity contribution in [2.45, 2.75) is 11.8 Å². The van der Waals surface area contributed by atoms with Crippen molar-refractivity contribution in [1.82, 2.24) is 4.98 Å². The van der Waals surface area contributed by atoms with Crippen LogP contribution in [0.5, 0.6) is 5.88 Å². The molecule has 0 N–H and O–H groups in total. The van der Waals surface area contributed by atoms with Gasteiger partial charge in [0.25, 0.3) is 0 Å². The van der Waals surface area contributed by atoms with Gasteiger partial charge in [0.15, 0.2) is 0 Å². The molecular formula is C16H14ClNO. The molecule has 3 rings (SSSR count). The minimum Gasteiger partial charge on any atom is -0.481 e. The molecular weight excluding hydrogens is 258 g/mol. The van der Waals surface area contributed by atoms with Crippen molar-refractivity contribution in [2.24, 2.45) is 0 Å². The predicted octanol–water partition coefficient (Wildman–Crippen LogP) is 4.31. The van der Waals surface area contributed by atoms with Gasteiger partial charge in [-0.1, -0.05) is 36.4 Å². The van der Waals surface area contributed by atoms with Crippen LogP contribution in [0, 0.1) is 0 Å². The number of aromatic nitrogens is 1. The molecule has 0 spiro atoms. The first kappa shape index (κ1) is 12.2. The predicted molar refractivity (Wildman–Crippen MR) is 78.3 cm³/mol. The van der Waals surface area contributed by atoms with Crippen molar-refractivity contribution in [3.05, 3.63) is 59.3 Å². The molecule has 0 saturated carbocycles. The van der Waals surface area contributed by atoms with Gasteiger partial charge in [-0.3, -0.25) is 0 Å². The number of hydrogen-bond donors (Lipinski definition) is 0. The summed E-state index contributed by atoms with van der Waals surface area (Å²) in [6.45, 7) is 0. The molecule has 0 radical (unpaired) electrons. The van der Waals surface area contributed by atoms with Crippen molar-refractivity contribution in [3.63, 3.8) is 0 Å². The van der Waals surface area contributed by atoms with E-state index >= 15 is 0 Å². The third-order valence-corrected chi connectivity index (χ3v) is 3.74. The molecule has 2 aromatic rings. The van der Waals surface area contributed by atoms with Crippen molar-refractivity contribution >= 4 is 23.3 Å². The van der Waals surface area contributed by atoms with Gasteiger partial charge in [-0.2, -0.15) is 0 Å². The van der Waals surface area contributed by atoms with Gasteiger partial charge in [0, 0.05) is 11.8 Å². The third kappa shape index (κ3) is 2.24. The highest BCUT2D eigenvalue weighted by Crippen LogP contribution is 2.43. The van der Waals surface area contributed by atoms with Crippen LogP contribution in [0.3, 0.4) is 0 Å². The molecule has 3 heteroatoms. The first-order valence-electron chi connectivity index (χ1n) is 6.22. The minimum atomic E-state index is -0.0983. The third-order valence-electron chi connectivity index (χ3n) is 3.37. The van der Waals surface area contributed by atoms with Crippen LogP contribution in [0.25, 0.3) is 11.6 Å². The van der Waals surface area contributed by atoms with Gasteiger partial charge in [-0.05, 0) is 29.2 Å². The van der Waals surface area contributed by atoms with Gasteiger partial charge in [-0.25, -0.2) is 4.98 Å². The maximum atomic E-state index is 6.51. The van der Waals surface area contributed by atoms with E-state index in [0.29, 0.717) is 5.88 Å². The zero-order valence-corrected chi connectivity index (χ0v) is 11.4. The molecule has 0 amide bonds. The number of fused-ring (bicyclic) bond motifs is 1. The Labute approximate surface area is 117 Å². The van der Waals surface area contributed by atoms with Gasteiger partial charge in [0.05, 0.1) is 12.5 Å². The highest BCUT2D eigenvalue weighted by molar-refractivity contribution is 6.22. The summed E-state index contributed by atoms with van der Waals surface area (Å²) in [5, 5.41) is -0.0983. The summed E-state index contributed by atoms with van der Waals surface area (Å²) < 4.78 is 5.30. The van der Waals surface area contributed by atoms with E-state index in [1.54, 1.807) is 13.3 Å². The smallest absolute Gasteiger partial charge is 0.218 e. The monoisotopic (exact) mass is 271 g/mol. The first-order valence-corrected chi connectivity index (χ1v) is 6.66. The molecule has 1 heterocycles. The fourth-order valence-electron chi connectivity index (χ4n) is 2.47. The molecule has 1 aromatic heterocycles. The number of hydrogen-bond acceptors (Lipinski definition) is 2. The lowest BCUT2D eigenvalue weighted by molar-refractivity contribution is 0.391. The summed E-state index contributed by atoms with van der Waals surface area (Å²) in [5.41, 5.74) is 4.55. The fraction of sp³-hybridized carbons (Fsp3) is 0.188. The van der Waals surface area contributed by atoms with Crippen molar-refractivity contribution in [3.8, 4) is 5.88 Å². The largest absolute Gasteiger partial charge is 0.481 e. The summed E-state index contributed by atoms with van der Waals surface area (Å²) >= 11 is 6.51. The molecule has 0 unspecified atom stereocenters. The average Bonchev–Trinajstić information content (AvgIpc) is 2.47. The summed E-state index contributed by atoms with van der Waals surface area (Å²) in [6, 6.07) is 12.3. The van der Waals surface area contributed by atoms with Gasteiger partial charge in [0.2, 0.25) is 5.88 Å². The molecule has 1 atom stereocenters. The van der Waals surface area contributed by atoms with E-state index in [4.69, 9.17) is 16.3 Å². The lowest BCUT2D eigenvalue weighted by Crippen LogP contribution is -2.06. The number of allylic oxidation sites excluding steroid dienone is 1. The van der Waals surface area contributed by atoms with Gasteiger partial charge in [0.1, 0.15) is 0 Å². The number of pyridine rings is 1. The van der Waals surface area contributed by atoms with Crippen molar-refractivity contribution in [2.75, 3.05) is 7.11 Å². The normalized spacial score (nSPS) is 17.6. The van der Waals surface area contributed by atoms with Crippen LogP contribution in [-0.2, 0) is 0 Å². The van der Waals surface area contributed by atoms with Crippen LogP contribution in [-0.4, -0.2) is 12.1 Å². The van der Waals surface area contributed by atoms with E-state index in [2.05, 4.69) is 23.2 Å². The van der Waals surface area contributed by atoms with Crippen LogP contribution in [0.15, 0.2) is 42.6 Å². The van der Waals surface area contributed by atoms with Gasteiger partial charge < -0.3 is 4.74 Å². The lowest BCUT2D eigenvalue weighted by atomic mass is 9.89. The van der Waals surface area contributed by atoms with E-state index in [9.17, 15) is 0 Å². The molecule has 1 aliphatic rings. The maximum absolute atomic E-state index is 6.51. The molecule has 1 aromatic carbocycles. The van der Waals surface area contributed by atoms with Crippen LogP contribution >= 0.6 is 11.6 Å². The van der Waals surface area contributed by atoms with Crippen LogP contribution in [0.2, 0.25) is 0 Å². The molecule has 0 saturated heterocycles. The standard InChI is InChI=1S/C16H14ClNO/c1-19-16-15-12(7-8-18-16)9-13(10-14(15)17)11-5-3-2-4-6-11/h2-9,14H,10H2,1H3/t14-/m1/s1. The molecule has 96 valence electrons. The second kappa shape index (κ2) is 5.06. The summed E-state index contributed by atoms with van der Waals surface area (Å²) in [7, 11) is 1.63. The zero-order chi connectivity index (χ0) is 13.2. The van der Waals surface area contributed by atoms with Crippen LogP contribution in [0.4, 0.5) is 0 Å². The highest BCUT2D eigenvalue weighted by atomic mass is 35.5. The molecule has 1 aliphatic carbocycles. The molecule has 0 bridgehead atoms. The number of methoxy groups -OCH3 is 1. The van der Waals surface area contributed by atoms with Crippen LogP contribution < -0.4 is 4.74 Å². The molecule has 2 nitrogen and oxygen atoms in total. The number of nitrogens with zero attached hydrogens (tertiary/aromatic N) is 1. The molecule has 0 fully saturated rings. The summed E-state index contributed by atoms with van der Waals surface area (Å²) in [4.78, 5) is 4.22. The van der Waals surface area contributed by atoms with E-state index in [1.807, 2.05) is 24.3 Å². The topological polar surface area (TPSA) is 22.1 Å². The number of rotatable bonds is 2. The summed E-state index contributed by atoms with van der Waals surface area (Å²) in [6.07, 6.45) is 4.72. The van der Waals surface area contributed by atoms with Gasteiger partial charge in [-0.15, -0.1) is 11.6 Å². The maximum Gasteiger partial charge on any atom is 0.218 e. The molecule has 0 aliphatic heterocycles. The van der Waals surface area contributed by atoms with Crippen molar-refractivity contribution < 1.29 is 4.74 Å². The fourth-order valence-corrected chi connectivity index (χ4v) is 2.85. The van der Waals surface area contributed by atoms with E-state index in [-0.39, 0.29) is 5.38 Å². The Hall–Kier alpha value is -1.80. The van der Waals surface area contributed by atoms with Crippen LogP contribution in [0.1, 0.15) is 28.5 Å². The zero-order valence-electron chi connectivity index (χ0n) is 10.6. The van der Waals surface area contributed by atoms with Crippen molar-refractivity contribution in [1.29, 1.82) is 0 Å². The Bertz CT molecular complexity index is 622. The Kier molecular flexibility index (Phi) is 3.26. The number of ether oxygens (including phenoxy) is 1. The quantitative estimate of drug-likeness (QED) is 0.759. The number of halogens is 1. The van der Waals surface area contributed by atoms with E-state index in [1.165, 1.54) is 11.1 Å². The average molecular weight is 272 g/mol. The Balaban J connectivity index is 2.10. The van der Waals surface area contributed by atoms with E-state index < -0.39 is 0 Å². The minimum absolute atomic E-state index is 0.0983. The Morgan fingerprint density at radius 1 is 1.21 bits per heavy atom. The lowest BCUT2D eigenvalue weighted by Gasteiger charge is -2.22. The number of benzene rings is 1. The molecule has 19 heavy (non-hydrogen) atoms. The first-order chi connectivity index (χ1) is 9.29. The van der Waals surface area contributed by atoms with Gasteiger partial charge >= 0.3 is 0 Å². The second-order valence-electron chi connectivity index (χ2n) is 4.53. The number of alkyl halides is 1. The Morgan fingerprint density at radius 2 is 2.00 bits per heavy atom. The Morgan fingerprint density at radius 3 is 2.74 bits per heavy atom. The second-order valence-corrected chi connectivity index (χ2v) is 5.06. The summed E-state index contributed by atoms with van der Waals surface area (Å²) in [5.74, 6) is 0.626. The SMILES string of the molecule is COc1nccc2c1[C@H](Cl)CC(c1ccccc1)=C2. The highest BCUT2D eigenvalue weighted by Gasteiger charge is 2.24. The van der Waals surface area contributed by atoms with E-state index in [0.717, 1.165) is 17.5 Å².